The fourth-order valence-corrected chi connectivity index (χ4v) is 2.71. The molecule has 0 spiro atoms. The van der Waals surface area contributed by atoms with Crippen LogP contribution in [-0.2, 0) is 27.3 Å². The summed E-state index contributed by atoms with van der Waals surface area (Å²) in [4.78, 5) is 22.3. The third kappa shape index (κ3) is 5.59. The average Bonchev–Trinajstić information content (AvgIpc) is 2.72. The molecule has 2 aromatic carbocycles. The van der Waals surface area contributed by atoms with Crippen LogP contribution in [-0.4, -0.2) is 31.5 Å². The molecule has 0 radical (unpaired) electrons. The molecule has 0 bridgehead atoms. The smallest absolute Gasteiger partial charge is 0.398 e. The number of halogens is 3. The maximum absolute atomic E-state index is 12.9. The normalized spacial score (nSPS) is 12.5. The van der Waals surface area contributed by atoms with E-state index in [-0.39, 0.29) is 18.0 Å². The van der Waals surface area contributed by atoms with Crippen LogP contribution in [0.15, 0.2) is 52.8 Å². The van der Waals surface area contributed by atoms with Crippen molar-refractivity contribution in [1.82, 2.24) is 5.32 Å². The zero-order valence-electron chi connectivity index (χ0n) is 17.0. The Bertz CT molecular complexity index is 969. The Balaban J connectivity index is 2.28. The number of nitrogens with one attached hydrogen (secondary N) is 1. The van der Waals surface area contributed by atoms with Gasteiger partial charge in [0.1, 0.15) is 13.7 Å². The highest BCUT2D eigenvalue weighted by atomic mass is 19.4. The molecule has 0 atom stereocenters. The minimum absolute atomic E-state index is 0.0158. The summed E-state index contributed by atoms with van der Waals surface area (Å²) >= 11 is 0. The number of carbonyl (C=O) groups excluding carboxylic acids is 1. The predicted octanol–water partition coefficient (Wildman–Crippen LogP) is 4.05. The van der Waals surface area contributed by atoms with Crippen LogP contribution in [0.4, 0.5) is 13.2 Å². The molecule has 0 heterocycles. The van der Waals surface area contributed by atoms with Gasteiger partial charge in [0.05, 0.1) is 11.3 Å². The SMILES string of the molecule is CNC(=O)/C(=N/OC)c1cccc(C)c1CO/N=C(\C)c1cccc(C(F)(F)F)c1. The van der Waals surface area contributed by atoms with Crippen molar-refractivity contribution in [2.24, 2.45) is 10.3 Å². The molecule has 0 unspecified atom stereocenters. The number of benzene rings is 2. The lowest BCUT2D eigenvalue weighted by Gasteiger charge is -2.13. The van der Waals surface area contributed by atoms with Crippen molar-refractivity contribution in [2.75, 3.05) is 14.2 Å². The first-order valence-corrected chi connectivity index (χ1v) is 8.95. The monoisotopic (exact) mass is 421 g/mol. The van der Waals surface area contributed by atoms with Crippen LogP contribution >= 0.6 is 0 Å². The lowest BCUT2D eigenvalue weighted by molar-refractivity contribution is -0.137. The Morgan fingerprint density at radius 2 is 1.83 bits per heavy atom. The largest absolute Gasteiger partial charge is 0.416 e. The molecule has 9 heteroatoms. The Kier molecular flexibility index (Phi) is 7.57. The maximum atomic E-state index is 12.9. The molecule has 6 nitrogen and oxygen atoms in total. The van der Waals surface area contributed by atoms with Gasteiger partial charge in [-0.3, -0.25) is 4.79 Å². The lowest BCUT2D eigenvalue weighted by Crippen LogP contribution is -2.29. The van der Waals surface area contributed by atoms with Crippen LogP contribution in [0, 0.1) is 6.92 Å². The third-order valence-corrected chi connectivity index (χ3v) is 4.31. The molecule has 0 saturated heterocycles. The van der Waals surface area contributed by atoms with E-state index in [0.717, 1.165) is 17.7 Å². The van der Waals surface area contributed by atoms with Crippen LogP contribution in [0.2, 0.25) is 0 Å². The first-order valence-electron chi connectivity index (χ1n) is 8.95. The van der Waals surface area contributed by atoms with Crippen molar-refractivity contribution in [3.8, 4) is 0 Å². The second-order valence-electron chi connectivity index (χ2n) is 6.33. The highest BCUT2D eigenvalue weighted by Crippen LogP contribution is 2.29. The molecule has 0 aliphatic heterocycles. The Morgan fingerprint density at radius 3 is 2.47 bits per heavy atom. The second-order valence-corrected chi connectivity index (χ2v) is 6.33. The number of oxime groups is 2. The highest BCUT2D eigenvalue weighted by Gasteiger charge is 2.30. The minimum Gasteiger partial charge on any atom is -0.398 e. The Morgan fingerprint density at radius 1 is 1.13 bits per heavy atom. The average molecular weight is 421 g/mol. The van der Waals surface area contributed by atoms with E-state index in [1.54, 1.807) is 19.1 Å². The van der Waals surface area contributed by atoms with Gasteiger partial charge in [0, 0.05) is 18.2 Å². The zero-order valence-corrected chi connectivity index (χ0v) is 17.0. The third-order valence-electron chi connectivity index (χ3n) is 4.31. The standard InChI is InChI=1S/C21H22F3N3O3/c1-13-7-5-10-17(19(27-29-4)20(28)25-3)18(13)12-30-26-14(2)15-8-6-9-16(11-15)21(22,23)24/h5-11H,12H2,1-4H3,(H,25,28)/b26-14+,27-19+. The van der Waals surface area contributed by atoms with Gasteiger partial charge in [-0.1, -0.05) is 40.6 Å². The maximum Gasteiger partial charge on any atom is 0.416 e. The van der Waals surface area contributed by atoms with E-state index in [1.807, 2.05) is 13.0 Å². The fraction of sp³-hybridized carbons (Fsp3) is 0.286. The van der Waals surface area contributed by atoms with Gasteiger partial charge in [-0.05, 0) is 37.1 Å². The molecule has 0 aliphatic carbocycles. The second kappa shape index (κ2) is 9.91. The van der Waals surface area contributed by atoms with Crippen LogP contribution in [0.3, 0.4) is 0 Å². The van der Waals surface area contributed by atoms with E-state index in [1.165, 1.54) is 26.3 Å². The topological polar surface area (TPSA) is 72.3 Å². The van der Waals surface area contributed by atoms with Crippen LogP contribution in [0.25, 0.3) is 0 Å². The molecule has 2 rings (SSSR count). The summed E-state index contributed by atoms with van der Waals surface area (Å²) in [6, 6.07) is 10.1. The van der Waals surface area contributed by atoms with Crippen molar-refractivity contribution in [3.05, 3.63) is 70.3 Å². The number of rotatable bonds is 7. The van der Waals surface area contributed by atoms with Gasteiger partial charge < -0.3 is 15.0 Å². The summed E-state index contributed by atoms with van der Waals surface area (Å²) in [5.41, 5.74) is 1.87. The molecule has 0 aromatic heterocycles. The molecule has 30 heavy (non-hydrogen) atoms. The number of amides is 1. The van der Waals surface area contributed by atoms with Crippen LogP contribution < -0.4 is 5.32 Å². The summed E-state index contributed by atoms with van der Waals surface area (Å²) in [6.07, 6.45) is -4.44. The zero-order chi connectivity index (χ0) is 22.3. The molecule has 1 amide bonds. The van der Waals surface area contributed by atoms with E-state index in [2.05, 4.69) is 15.6 Å². The van der Waals surface area contributed by atoms with Crippen LogP contribution in [0.5, 0.6) is 0 Å². The molecule has 2 aromatic rings. The quantitative estimate of drug-likeness (QED) is 0.542. The van der Waals surface area contributed by atoms with Gasteiger partial charge >= 0.3 is 6.18 Å². The van der Waals surface area contributed by atoms with E-state index in [9.17, 15) is 18.0 Å². The van der Waals surface area contributed by atoms with Crippen molar-refractivity contribution in [1.29, 1.82) is 0 Å². The van der Waals surface area contributed by atoms with E-state index < -0.39 is 17.6 Å². The van der Waals surface area contributed by atoms with Gasteiger partial charge in [0.25, 0.3) is 5.91 Å². The number of carbonyl (C=O) groups is 1. The summed E-state index contributed by atoms with van der Waals surface area (Å²) in [6.45, 7) is 3.37. The van der Waals surface area contributed by atoms with Gasteiger partial charge in [-0.25, -0.2) is 0 Å². The van der Waals surface area contributed by atoms with Gasteiger partial charge in [-0.2, -0.15) is 13.2 Å². The number of nitrogens with zero attached hydrogens (tertiary/aromatic N) is 2. The van der Waals surface area contributed by atoms with Crippen molar-refractivity contribution in [2.45, 2.75) is 26.6 Å². The first kappa shape index (κ1) is 22.9. The number of alkyl halides is 3. The van der Waals surface area contributed by atoms with Crippen molar-refractivity contribution >= 4 is 17.3 Å². The van der Waals surface area contributed by atoms with Gasteiger partial charge in [0.2, 0.25) is 0 Å². The number of hydrogen-bond acceptors (Lipinski definition) is 5. The van der Waals surface area contributed by atoms with E-state index in [0.29, 0.717) is 16.7 Å². The van der Waals surface area contributed by atoms with Crippen LogP contribution in [0.1, 0.15) is 34.7 Å². The lowest BCUT2D eigenvalue weighted by atomic mass is 9.98. The predicted molar refractivity (Wildman–Crippen MR) is 107 cm³/mol. The molecular weight excluding hydrogens is 399 g/mol. The summed E-state index contributed by atoms with van der Waals surface area (Å²) in [7, 11) is 2.81. The molecule has 0 fully saturated rings. The fourth-order valence-electron chi connectivity index (χ4n) is 2.71. The number of aryl methyl sites for hydroxylation is 1. The minimum atomic E-state index is -4.44. The van der Waals surface area contributed by atoms with Gasteiger partial charge in [-0.15, -0.1) is 0 Å². The molecule has 0 aliphatic rings. The molecule has 1 N–H and O–H groups in total. The number of likely N-dealkylation sites (N-methyl/N-ethyl adjacent to an activating group) is 1. The van der Waals surface area contributed by atoms with Gasteiger partial charge in [0.15, 0.2) is 5.71 Å². The summed E-state index contributed by atoms with van der Waals surface area (Å²) < 4.78 is 38.7. The van der Waals surface area contributed by atoms with E-state index in [4.69, 9.17) is 9.68 Å². The molecule has 0 saturated carbocycles. The van der Waals surface area contributed by atoms with E-state index >= 15 is 0 Å². The van der Waals surface area contributed by atoms with Crippen molar-refractivity contribution in [3.63, 3.8) is 0 Å². The summed E-state index contributed by atoms with van der Waals surface area (Å²) in [5.74, 6) is -0.438. The van der Waals surface area contributed by atoms with Crippen molar-refractivity contribution < 1.29 is 27.6 Å². The Labute approximate surface area is 172 Å². The Hall–Kier alpha value is -3.36. The highest BCUT2D eigenvalue weighted by molar-refractivity contribution is 6.45. The number of hydrogen-bond donors (Lipinski definition) is 1. The molecule has 160 valence electrons. The first-order chi connectivity index (χ1) is 14.2. The molecular formula is C21H22F3N3O3. The summed E-state index contributed by atoms with van der Waals surface area (Å²) in [5, 5.41) is 10.2.